The number of hydrogen-bond acceptors (Lipinski definition) is 6. The van der Waals surface area contributed by atoms with Crippen LogP contribution in [-0.2, 0) is 4.74 Å². The number of aromatic nitrogens is 1. The molecule has 0 spiro atoms. The van der Waals surface area contributed by atoms with Gasteiger partial charge in [0.1, 0.15) is 6.07 Å². The zero-order chi connectivity index (χ0) is 14.7. The van der Waals surface area contributed by atoms with E-state index in [4.69, 9.17) is 16.9 Å². The standard InChI is InChI=1S/C12H7BrClN3O2S/c1-19-11(18)9-10(14)17-12(20-9)16-8-3-2-7(13)4-6(8)5-15/h2-4H,1H3,(H,16,17). The molecule has 0 aliphatic rings. The molecule has 0 saturated heterocycles. The van der Waals surface area contributed by atoms with Crippen LogP contribution in [0.5, 0.6) is 0 Å². The van der Waals surface area contributed by atoms with E-state index in [1.807, 2.05) is 0 Å². The zero-order valence-electron chi connectivity index (χ0n) is 10.1. The van der Waals surface area contributed by atoms with Crippen LogP contribution in [0.3, 0.4) is 0 Å². The molecule has 1 heterocycles. The summed E-state index contributed by atoms with van der Waals surface area (Å²) >= 11 is 10.2. The van der Waals surface area contributed by atoms with Crippen LogP contribution in [0.25, 0.3) is 0 Å². The van der Waals surface area contributed by atoms with E-state index in [-0.39, 0.29) is 10.0 Å². The molecule has 20 heavy (non-hydrogen) atoms. The van der Waals surface area contributed by atoms with Gasteiger partial charge in [-0.25, -0.2) is 9.78 Å². The molecule has 2 aromatic rings. The minimum absolute atomic E-state index is 0.0694. The van der Waals surface area contributed by atoms with E-state index in [0.717, 1.165) is 15.8 Å². The van der Waals surface area contributed by atoms with Gasteiger partial charge >= 0.3 is 5.97 Å². The monoisotopic (exact) mass is 371 g/mol. The van der Waals surface area contributed by atoms with Crippen LogP contribution in [0.2, 0.25) is 5.15 Å². The second kappa shape index (κ2) is 6.22. The number of anilines is 2. The first-order chi connectivity index (χ1) is 9.55. The van der Waals surface area contributed by atoms with Crippen molar-refractivity contribution in [2.75, 3.05) is 12.4 Å². The highest BCUT2D eigenvalue weighted by molar-refractivity contribution is 9.10. The van der Waals surface area contributed by atoms with Crippen LogP contribution >= 0.6 is 38.9 Å². The lowest BCUT2D eigenvalue weighted by molar-refractivity contribution is 0.0606. The smallest absolute Gasteiger partial charge is 0.351 e. The van der Waals surface area contributed by atoms with Crippen molar-refractivity contribution in [2.45, 2.75) is 0 Å². The second-order valence-electron chi connectivity index (χ2n) is 3.56. The summed E-state index contributed by atoms with van der Waals surface area (Å²) in [6.07, 6.45) is 0. The molecule has 1 aromatic carbocycles. The first kappa shape index (κ1) is 14.8. The van der Waals surface area contributed by atoms with Gasteiger partial charge < -0.3 is 10.1 Å². The molecule has 0 atom stereocenters. The van der Waals surface area contributed by atoms with Gasteiger partial charge in [0, 0.05) is 4.47 Å². The lowest BCUT2D eigenvalue weighted by atomic mass is 10.2. The third-order valence-electron chi connectivity index (χ3n) is 2.30. The molecule has 0 bridgehead atoms. The van der Waals surface area contributed by atoms with Gasteiger partial charge in [0.15, 0.2) is 15.2 Å². The maximum absolute atomic E-state index is 11.4. The van der Waals surface area contributed by atoms with Crippen molar-refractivity contribution >= 4 is 55.7 Å². The Kier molecular flexibility index (Phi) is 4.60. The molecule has 5 nitrogen and oxygen atoms in total. The first-order valence-corrected chi connectivity index (χ1v) is 7.25. The average molecular weight is 373 g/mol. The van der Waals surface area contributed by atoms with E-state index in [0.29, 0.717) is 16.4 Å². The molecule has 0 amide bonds. The van der Waals surface area contributed by atoms with Gasteiger partial charge in [-0.2, -0.15) is 5.26 Å². The van der Waals surface area contributed by atoms with Gasteiger partial charge in [-0.1, -0.05) is 38.9 Å². The van der Waals surface area contributed by atoms with Crippen molar-refractivity contribution in [3.05, 3.63) is 38.3 Å². The van der Waals surface area contributed by atoms with Gasteiger partial charge in [0.25, 0.3) is 0 Å². The molecule has 0 saturated carbocycles. The van der Waals surface area contributed by atoms with E-state index in [1.54, 1.807) is 18.2 Å². The third-order valence-corrected chi connectivity index (χ3v) is 4.13. The number of methoxy groups -OCH3 is 1. The van der Waals surface area contributed by atoms with Crippen LogP contribution in [0.15, 0.2) is 22.7 Å². The number of nitriles is 1. The van der Waals surface area contributed by atoms with Gasteiger partial charge in [-0.05, 0) is 18.2 Å². The number of carbonyl (C=O) groups excluding carboxylic acids is 1. The Labute approximate surface area is 132 Å². The van der Waals surface area contributed by atoms with Crippen molar-refractivity contribution in [2.24, 2.45) is 0 Å². The van der Waals surface area contributed by atoms with Crippen LogP contribution in [0.1, 0.15) is 15.2 Å². The van der Waals surface area contributed by atoms with Crippen molar-refractivity contribution in [1.82, 2.24) is 4.98 Å². The van der Waals surface area contributed by atoms with Crippen molar-refractivity contribution in [1.29, 1.82) is 5.26 Å². The number of carbonyl (C=O) groups is 1. The molecule has 0 radical (unpaired) electrons. The Morgan fingerprint density at radius 1 is 1.60 bits per heavy atom. The number of benzene rings is 1. The number of nitrogens with one attached hydrogen (secondary N) is 1. The molecule has 0 unspecified atom stereocenters. The SMILES string of the molecule is COC(=O)c1sc(Nc2ccc(Br)cc2C#N)nc1Cl. The Bertz CT molecular complexity index is 711. The molecular weight excluding hydrogens is 366 g/mol. The number of thiazole rings is 1. The Balaban J connectivity index is 2.32. The van der Waals surface area contributed by atoms with E-state index in [9.17, 15) is 4.79 Å². The second-order valence-corrected chi connectivity index (χ2v) is 5.83. The number of hydrogen-bond donors (Lipinski definition) is 1. The summed E-state index contributed by atoms with van der Waals surface area (Å²) in [5.74, 6) is -0.545. The van der Waals surface area contributed by atoms with E-state index < -0.39 is 5.97 Å². The lowest BCUT2D eigenvalue weighted by Gasteiger charge is -2.04. The molecule has 2 rings (SSSR count). The molecule has 0 fully saturated rings. The summed E-state index contributed by atoms with van der Waals surface area (Å²) in [6.45, 7) is 0. The maximum Gasteiger partial charge on any atom is 0.351 e. The highest BCUT2D eigenvalue weighted by Gasteiger charge is 2.17. The zero-order valence-corrected chi connectivity index (χ0v) is 13.3. The summed E-state index contributed by atoms with van der Waals surface area (Å²) in [4.78, 5) is 15.7. The van der Waals surface area contributed by atoms with Crippen molar-refractivity contribution in [3.63, 3.8) is 0 Å². The fraction of sp³-hybridized carbons (Fsp3) is 0.0833. The number of rotatable bonds is 3. The van der Waals surface area contributed by atoms with Gasteiger partial charge in [0.2, 0.25) is 0 Å². The summed E-state index contributed by atoms with van der Waals surface area (Å²) in [7, 11) is 1.27. The minimum Gasteiger partial charge on any atom is -0.465 e. The third kappa shape index (κ3) is 3.10. The molecular formula is C12H7BrClN3O2S. The van der Waals surface area contributed by atoms with Crippen LogP contribution in [0, 0.1) is 11.3 Å². The van der Waals surface area contributed by atoms with E-state index in [2.05, 4.69) is 37.0 Å². The summed E-state index contributed by atoms with van der Waals surface area (Å²) in [5.41, 5.74) is 1.03. The molecule has 102 valence electrons. The minimum atomic E-state index is -0.545. The summed E-state index contributed by atoms with van der Waals surface area (Å²) in [6, 6.07) is 7.27. The topological polar surface area (TPSA) is 75.0 Å². The predicted octanol–water partition coefficient (Wildman–Crippen LogP) is 3.96. The largest absolute Gasteiger partial charge is 0.465 e. The first-order valence-electron chi connectivity index (χ1n) is 5.26. The van der Waals surface area contributed by atoms with E-state index in [1.165, 1.54) is 7.11 Å². The van der Waals surface area contributed by atoms with Crippen molar-refractivity contribution in [3.8, 4) is 6.07 Å². The highest BCUT2D eigenvalue weighted by Crippen LogP contribution is 2.31. The summed E-state index contributed by atoms with van der Waals surface area (Å²) < 4.78 is 5.40. The van der Waals surface area contributed by atoms with Gasteiger partial charge in [-0.15, -0.1) is 0 Å². The quantitative estimate of drug-likeness (QED) is 0.825. The molecule has 0 aliphatic heterocycles. The normalized spacial score (nSPS) is 9.90. The van der Waals surface area contributed by atoms with Crippen LogP contribution in [-0.4, -0.2) is 18.1 Å². The van der Waals surface area contributed by atoms with E-state index >= 15 is 0 Å². The molecule has 1 aromatic heterocycles. The number of halogens is 2. The summed E-state index contributed by atoms with van der Waals surface area (Å²) in [5, 5.41) is 12.5. The maximum atomic E-state index is 11.4. The number of nitrogens with zero attached hydrogens (tertiary/aromatic N) is 2. The van der Waals surface area contributed by atoms with Gasteiger partial charge in [0.05, 0.1) is 18.4 Å². The van der Waals surface area contributed by atoms with Crippen molar-refractivity contribution < 1.29 is 9.53 Å². The van der Waals surface area contributed by atoms with Gasteiger partial charge in [-0.3, -0.25) is 0 Å². The Hall–Kier alpha value is -1.62. The molecule has 8 heteroatoms. The predicted molar refractivity (Wildman–Crippen MR) is 80.6 cm³/mol. The lowest BCUT2D eigenvalue weighted by Crippen LogP contribution is -1.98. The number of ether oxygens (including phenoxy) is 1. The Morgan fingerprint density at radius 3 is 3.00 bits per heavy atom. The number of esters is 1. The Morgan fingerprint density at radius 2 is 2.35 bits per heavy atom. The van der Waals surface area contributed by atoms with Crippen LogP contribution < -0.4 is 5.32 Å². The molecule has 0 aliphatic carbocycles. The van der Waals surface area contributed by atoms with Crippen LogP contribution in [0.4, 0.5) is 10.8 Å². The average Bonchev–Trinajstić information content (AvgIpc) is 2.80. The highest BCUT2D eigenvalue weighted by atomic mass is 79.9. The molecule has 1 N–H and O–H groups in total. The fourth-order valence-corrected chi connectivity index (χ4v) is 2.88. The fourth-order valence-electron chi connectivity index (χ4n) is 1.41.